The van der Waals surface area contributed by atoms with Crippen LogP contribution in [0.5, 0.6) is 0 Å². The molecule has 0 amide bonds. The number of aliphatic hydroxyl groups excluding tert-OH is 1. The minimum atomic E-state index is -0.456. The molecule has 1 N–H and O–H groups in total. The first-order valence-electron chi connectivity index (χ1n) is 6.79. The molecule has 102 valence electrons. The summed E-state index contributed by atoms with van der Waals surface area (Å²) in [6, 6.07) is 10.1. The molecular formula is C16H22N2O. The van der Waals surface area contributed by atoms with E-state index in [9.17, 15) is 5.11 Å². The number of aryl methyl sites for hydroxylation is 1. The van der Waals surface area contributed by atoms with E-state index in [1.807, 2.05) is 24.4 Å². The molecule has 2 aromatic rings. The zero-order chi connectivity index (χ0) is 13.9. The number of nitrogens with zero attached hydrogens (tertiary/aromatic N) is 2. The number of imidazole rings is 1. The van der Waals surface area contributed by atoms with Crippen LogP contribution in [0.3, 0.4) is 0 Å². The van der Waals surface area contributed by atoms with Crippen LogP contribution in [0.1, 0.15) is 32.2 Å². The van der Waals surface area contributed by atoms with Gasteiger partial charge in [0.1, 0.15) is 5.82 Å². The molecule has 1 atom stereocenters. The van der Waals surface area contributed by atoms with Crippen molar-refractivity contribution in [3.05, 3.63) is 54.1 Å². The average molecular weight is 258 g/mol. The Bertz CT molecular complexity index is 517. The van der Waals surface area contributed by atoms with Crippen molar-refractivity contribution in [2.75, 3.05) is 0 Å². The van der Waals surface area contributed by atoms with Gasteiger partial charge in [0.05, 0.1) is 6.10 Å². The number of hydrogen-bond acceptors (Lipinski definition) is 2. The molecule has 0 aliphatic rings. The van der Waals surface area contributed by atoms with Gasteiger partial charge in [0.2, 0.25) is 0 Å². The van der Waals surface area contributed by atoms with E-state index >= 15 is 0 Å². The molecule has 19 heavy (non-hydrogen) atoms. The fourth-order valence-electron chi connectivity index (χ4n) is 2.31. The van der Waals surface area contributed by atoms with Gasteiger partial charge in [-0.3, -0.25) is 0 Å². The van der Waals surface area contributed by atoms with Crippen LogP contribution < -0.4 is 0 Å². The smallest absolute Gasteiger partial charge is 0.111 e. The highest BCUT2D eigenvalue weighted by atomic mass is 16.3. The first kappa shape index (κ1) is 13.8. The molecule has 0 fully saturated rings. The van der Waals surface area contributed by atoms with Crippen molar-refractivity contribution in [1.82, 2.24) is 9.55 Å². The lowest BCUT2D eigenvalue weighted by Crippen LogP contribution is -2.36. The molecule has 0 radical (unpaired) electrons. The lowest BCUT2D eigenvalue weighted by molar-refractivity contribution is 0.0971. The number of rotatable bonds is 5. The van der Waals surface area contributed by atoms with Gasteiger partial charge >= 0.3 is 0 Å². The summed E-state index contributed by atoms with van der Waals surface area (Å²) in [5.74, 6) is 0.944. The molecule has 0 aliphatic carbocycles. The van der Waals surface area contributed by atoms with Crippen LogP contribution in [0, 0.1) is 0 Å². The van der Waals surface area contributed by atoms with Crippen LogP contribution >= 0.6 is 0 Å². The van der Waals surface area contributed by atoms with Crippen molar-refractivity contribution in [1.29, 1.82) is 0 Å². The summed E-state index contributed by atoms with van der Waals surface area (Å²) in [6.45, 7) is 7.12. The predicted octanol–water partition coefficient (Wildman–Crippen LogP) is 2.78. The Balaban J connectivity index is 2.17. The van der Waals surface area contributed by atoms with Crippen molar-refractivity contribution in [2.24, 2.45) is 0 Å². The van der Waals surface area contributed by atoms with Gasteiger partial charge in [-0.1, -0.05) is 44.2 Å². The highest BCUT2D eigenvalue weighted by Gasteiger charge is 2.30. The molecule has 0 saturated carbocycles. The van der Waals surface area contributed by atoms with Crippen molar-refractivity contribution < 1.29 is 5.11 Å². The molecule has 3 nitrogen and oxygen atoms in total. The molecule has 1 heterocycles. The number of aliphatic hydroxyl groups is 1. The second-order valence-electron chi connectivity index (χ2n) is 5.44. The van der Waals surface area contributed by atoms with E-state index < -0.39 is 6.10 Å². The van der Waals surface area contributed by atoms with Crippen molar-refractivity contribution in [3.8, 4) is 0 Å². The second-order valence-corrected chi connectivity index (χ2v) is 5.44. The maximum Gasteiger partial charge on any atom is 0.111 e. The minimum absolute atomic E-state index is 0.286. The Kier molecular flexibility index (Phi) is 4.05. The summed E-state index contributed by atoms with van der Waals surface area (Å²) in [5.41, 5.74) is 0.864. The molecule has 2 rings (SSSR count). The average Bonchev–Trinajstić information content (AvgIpc) is 2.87. The Hall–Kier alpha value is -1.61. The van der Waals surface area contributed by atoms with Crippen LogP contribution in [0.2, 0.25) is 0 Å². The van der Waals surface area contributed by atoms with E-state index in [1.54, 1.807) is 6.20 Å². The first-order chi connectivity index (χ1) is 9.05. The number of benzene rings is 1. The van der Waals surface area contributed by atoms with E-state index in [0.29, 0.717) is 6.42 Å². The van der Waals surface area contributed by atoms with E-state index in [4.69, 9.17) is 0 Å². The SMILES string of the molecule is CCn1ccnc1CC(O)C(C)(C)c1ccccc1. The van der Waals surface area contributed by atoms with Crippen LogP contribution in [0.25, 0.3) is 0 Å². The van der Waals surface area contributed by atoms with Gasteiger partial charge < -0.3 is 9.67 Å². The molecule has 1 aromatic heterocycles. The lowest BCUT2D eigenvalue weighted by Gasteiger charge is -2.31. The summed E-state index contributed by atoms with van der Waals surface area (Å²) in [6.07, 6.45) is 3.86. The van der Waals surface area contributed by atoms with Crippen LogP contribution in [-0.2, 0) is 18.4 Å². The summed E-state index contributed by atoms with van der Waals surface area (Å²) >= 11 is 0. The van der Waals surface area contributed by atoms with Crippen LogP contribution in [-0.4, -0.2) is 20.8 Å². The third-order valence-electron chi connectivity index (χ3n) is 3.87. The molecule has 0 saturated heterocycles. The quantitative estimate of drug-likeness (QED) is 0.895. The molecule has 0 spiro atoms. The Morgan fingerprint density at radius 3 is 2.58 bits per heavy atom. The highest BCUT2D eigenvalue weighted by molar-refractivity contribution is 5.25. The zero-order valence-electron chi connectivity index (χ0n) is 11.9. The van der Waals surface area contributed by atoms with E-state index in [2.05, 4.69) is 42.5 Å². The van der Waals surface area contributed by atoms with Gasteiger partial charge in [-0.15, -0.1) is 0 Å². The maximum atomic E-state index is 10.6. The maximum absolute atomic E-state index is 10.6. The number of aromatic nitrogens is 2. The fraction of sp³-hybridized carbons (Fsp3) is 0.438. The lowest BCUT2D eigenvalue weighted by atomic mass is 9.78. The van der Waals surface area contributed by atoms with E-state index in [-0.39, 0.29) is 5.41 Å². The van der Waals surface area contributed by atoms with Gasteiger partial charge in [0, 0.05) is 30.8 Å². The molecule has 1 unspecified atom stereocenters. The van der Waals surface area contributed by atoms with E-state index in [0.717, 1.165) is 17.9 Å². The van der Waals surface area contributed by atoms with E-state index in [1.165, 1.54) is 0 Å². The zero-order valence-corrected chi connectivity index (χ0v) is 11.9. The highest BCUT2D eigenvalue weighted by Crippen LogP contribution is 2.28. The third kappa shape index (κ3) is 2.87. The topological polar surface area (TPSA) is 38.0 Å². The summed E-state index contributed by atoms with van der Waals surface area (Å²) < 4.78 is 2.07. The van der Waals surface area contributed by atoms with Gasteiger partial charge in [-0.05, 0) is 12.5 Å². The number of hydrogen-bond donors (Lipinski definition) is 1. The summed E-state index contributed by atoms with van der Waals surface area (Å²) in [7, 11) is 0. The standard InChI is InChI=1S/C16H22N2O/c1-4-18-11-10-17-15(18)12-14(19)16(2,3)13-8-6-5-7-9-13/h5-11,14,19H,4,12H2,1-3H3. The van der Waals surface area contributed by atoms with Gasteiger partial charge in [-0.2, -0.15) is 0 Å². The Labute approximate surface area is 114 Å². The molecule has 3 heteroatoms. The molecule has 1 aromatic carbocycles. The molecular weight excluding hydrogens is 236 g/mol. The minimum Gasteiger partial charge on any atom is -0.392 e. The van der Waals surface area contributed by atoms with Crippen molar-refractivity contribution in [2.45, 2.75) is 45.3 Å². The predicted molar refractivity (Wildman–Crippen MR) is 77.1 cm³/mol. The summed E-state index contributed by atoms with van der Waals surface area (Å²) in [5, 5.41) is 10.6. The van der Waals surface area contributed by atoms with Gasteiger partial charge in [-0.25, -0.2) is 4.98 Å². The van der Waals surface area contributed by atoms with Gasteiger partial charge in [0.25, 0.3) is 0 Å². The Morgan fingerprint density at radius 1 is 1.26 bits per heavy atom. The Morgan fingerprint density at radius 2 is 1.95 bits per heavy atom. The van der Waals surface area contributed by atoms with Crippen LogP contribution in [0.4, 0.5) is 0 Å². The van der Waals surface area contributed by atoms with Crippen molar-refractivity contribution in [3.63, 3.8) is 0 Å². The first-order valence-corrected chi connectivity index (χ1v) is 6.79. The normalized spacial score (nSPS) is 13.5. The molecule has 0 aliphatic heterocycles. The van der Waals surface area contributed by atoms with Crippen LogP contribution in [0.15, 0.2) is 42.7 Å². The summed E-state index contributed by atoms with van der Waals surface area (Å²) in [4.78, 5) is 4.34. The molecule has 0 bridgehead atoms. The fourth-order valence-corrected chi connectivity index (χ4v) is 2.31. The van der Waals surface area contributed by atoms with Crippen molar-refractivity contribution >= 4 is 0 Å². The largest absolute Gasteiger partial charge is 0.392 e. The monoisotopic (exact) mass is 258 g/mol. The third-order valence-corrected chi connectivity index (χ3v) is 3.87. The second kappa shape index (κ2) is 5.57. The van der Waals surface area contributed by atoms with Gasteiger partial charge in [0.15, 0.2) is 0 Å².